The van der Waals surface area contributed by atoms with Crippen LogP contribution in [0.4, 0.5) is 0 Å². The first kappa shape index (κ1) is 24.2. The number of halogens is 2. The van der Waals surface area contributed by atoms with Gasteiger partial charge in [-0.15, -0.1) is 0 Å². The Bertz CT molecular complexity index is 678. The van der Waals surface area contributed by atoms with Crippen molar-refractivity contribution in [3.63, 3.8) is 0 Å². The second-order valence-electron chi connectivity index (χ2n) is 12.7. The van der Waals surface area contributed by atoms with Crippen molar-refractivity contribution >= 4 is 29.1 Å². The molecule has 0 aromatic heterocycles. The molecule has 4 fully saturated rings. The average molecular weight is 471 g/mol. The smallest absolute Gasteiger partial charge is 0.256 e. The van der Waals surface area contributed by atoms with E-state index in [-0.39, 0.29) is 17.2 Å². The first-order chi connectivity index (χ1) is 14.5. The van der Waals surface area contributed by atoms with E-state index in [1.807, 2.05) is 0 Å². The second-order valence-corrected chi connectivity index (χ2v) is 14.1. The molecular formula is C27H45Cl2NO. The lowest BCUT2D eigenvalue weighted by Gasteiger charge is -2.60. The number of alkyl halides is 2. The number of fused-ring (bicyclic) bond motifs is 5. The van der Waals surface area contributed by atoms with Gasteiger partial charge in [-0.2, -0.15) is 0 Å². The van der Waals surface area contributed by atoms with E-state index in [0.29, 0.717) is 17.9 Å². The van der Waals surface area contributed by atoms with Gasteiger partial charge in [-0.3, -0.25) is 4.79 Å². The van der Waals surface area contributed by atoms with Gasteiger partial charge in [-0.05, 0) is 91.3 Å². The molecule has 1 amide bonds. The highest BCUT2D eigenvalue weighted by molar-refractivity contribution is 6.58. The van der Waals surface area contributed by atoms with Crippen molar-refractivity contribution in [3.05, 3.63) is 0 Å². The minimum absolute atomic E-state index is 0.0634. The molecule has 1 saturated heterocycles. The summed E-state index contributed by atoms with van der Waals surface area (Å²) < 4.78 is -1.28. The molecule has 4 heteroatoms. The number of amides is 1. The molecule has 178 valence electrons. The fourth-order valence-electron chi connectivity index (χ4n) is 9.16. The Morgan fingerprint density at radius 2 is 1.65 bits per heavy atom. The van der Waals surface area contributed by atoms with E-state index >= 15 is 0 Å². The molecule has 3 saturated carbocycles. The highest BCUT2D eigenvalue weighted by atomic mass is 35.5. The van der Waals surface area contributed by atoms with Crippen LogP contribution in [0, 0.1) is 52.3 Å². The van der Waals surface area contributed by atoms with Crippen molar-refractivity contribution in [1.82, 2.24) is 5.32 Å². The standard InChI is InChI=1S/C27H45Cl2NO/c1-17(2)7-6-8-18(3)20-10-11-21-19-9-12-23-26(5,22(19)13-14-25(20,21)4)15-16-30-24(31)27(23,28)29/h17-23H,6-16H2,1-5H3,(H,30,31). The molecule has 1 heterocycles. The van der Waals surface area contributed by atoms with Crippen molar-refractivity contribution in [3.8, 4) is 0 Å². The van der Waals surface area contributed by atoms with Crippen molar-refractivity contribution in [2.45, 2.75) is 103 Å². The minimum atomic E-state index is -1.28. The zero-order valence-corrected chi connectivity index (χ0v) is 22.0. The van der Waals surface area contributed by atoms with Gasteiger partial charge < -0.3 is 5.32 Å². The lowest BCUT2D eigenvalue weighted by molar-refractivity contribution is -0.127. The van der Waals surface area contributed by atoms with E-state index in [1.165, 1.54) is 51.4 Å². The van der Waals surface area contributed by atoms with Gasteiger partial charge in [0.1, 0.15) is 0 Å². The third-order valence-corrected chi connectivity index (χ3v) is 11.6. The summed E-state index contributed by atoms with van der Waals surface area (Å²) in [6, 6.07) is 0. The van der Waals surface area contributed by atoms with Crippen LogP contribution < -0.4 is 5.32 Å². The van der Waals surface area contributed by atoms with E-state index in [1.54, 1.807) is 0 Å². The average Bonchev–Trinajstić information content (AvgIpc) is 3.00. The second kappa shape index (κ2) is 8.68. The fraction of sp³-hybridized carbons (Fsp3) is 0.963. The predicted octanol–water partition coefficient (Wildman–Crippen LogP) is 7.62. The Hall–Kier alpha value is 0.0500. The molecule has 0 bridgehead atoms. The first-order valence-corrected chi connectivity index (χ1v) is 13.9. The van der Waals surface area contributed by atoms with E-state index in [0.717, 1.165) is 42.4 Å². The maximum Gasteiger partial charge on any atom is 0.256 e. The lowest BCUT2D eigenvalue weighted by Crippen LogP contribution is -2.56. The summed E-state index contributed by atoms with van der Waals surface area (Å²) in [6.45, 7) is 13.0. The van der Waals surface area contributed by atoms with Gasteiger partial charge in [-0.1, -0.05) is 77.1 Å². The summed E-state index contributed by atoms with van der Waals surface area (Å²) in [6.07, 6.45) is 12.8. The van der Waals surface area contributed by atoms with Crippen LogP contribution in [0.15, 0.2) is 0 Å². The molecule has 4 aliphatic rings. The third-order valence-electron chi connectivity index (χ3n) is 10.8. The first-order valence-electron chi connectivity index (χ1n) is 13.2. The Balaban J connectivity index is 1.52. The number of carbonyl (C=O) groups excluding carboxylic acids is 1. The largest absolute Gasteiger partial charge is 0.353 e. The Kier molecular flexibility index (Phi) is 6.77. The molecule has 0 aromatic rings. The number of rotatable bonds is 5. The SMILES string of the molecule is CC(C)CCCC(C)C1CCC2C3CCC4C(Cl)(Cl)C(=O)NCCC4(C)C3CCC12C. The molecule has 2 nitrogen and oxygen atoms in total. The monoisotopic (exact) mass is 469 g/mol. The van der Waals surface area contributed by atoms with Crippen LogP contribution >= 0.6 is 23.2 Å². The number of hydrogen-bond acceptors (Lipinski definition) is 1. The van der Waals surface area contributed by atoms with Gasteiger partial charge >= 0.3 is 0 Å². The summed E-state index contributed by atoms with van der Waals surface area (Å²) in [5.41, 5.74) is 0.563. The molecular weight excluding hydrogens is 425 g/mol. The van der Waals surface area contributed by atoms with Crippen molar-refractivity contribution in [1.29, 1.82) is 0 Å². The Labute approximate surface area is 201 Å². The molecule has 3 aliphatic carbocycles. The maximum absolute atomic E-state index is 12.6. The molecule has 8 atom stereocenters. The third kappa shape index (κ3) is 3.98. The van der Waals surface area contributed by atoms with Crippen LogP contribution in [-0.4, -0.2) is 16.8 Å². The number of carbonyl (C=O) groups is 1. The summed E-state index contributed by atoms with van der Waals surface area (Å²) in [5.74, 6) is 4.73. The van der Waals surface area contributed by atoms with Crippen LogP contribution in [-0.2, 0) is 4.79 Å². The fourth-order valence-corrected chi connectivity index (χ4v) is 10.0. The molecule has 0 radical (unpaired) electrons. The maximum atomic E-state index is 12.6. The van der Waals surface area contributed by atoms with Crippen LogP contribution in [0.3, 0.4) is 0 Å². The minimum Gasteiger partial charge on any atom is -0.353 e. The van der Waals surface area contributed by atoms with Crippen molar-refractivity contribution in [2.24, 2.45) is 52.3 Å². The van der Waals surface area contributed by atoms with Crippen LogP contribution in [0.5, 0.6) is 0 Å². The van der Waals surface area contributed by atoms with Crippen LogP contribution in [0.2, 0.25) is 0 Å². The zero-order valence-electron chi connectivity index (χ0n) is 20.5. The Morgan fingerprint density at radius 1 is 0.935 bits per heavy atom. The topological polar surface area (TPSA) is 29.1 Å². The molecule has 31 heavy (non-hydrogen) atoms. The van der Waals surface area contributed by atoms with Gasteiger partial charge in [0.15, 0.2) is 4.33 Å². The molecule has 8 unspecified atom stereocenters. The van der Waals surface area contributed by atoms with Gasteiger partial charge in [0.05, 0.1) is 0 Å². The number of hydrogen-bond donors (Lipinski definition) is 1. The lowest BCUT2D eigenvalue weighted by atomic mass is 9.45. The number of nitrogens with one attached hydrogen (secondary N) is 1. The van der Waals surface area contributed by atoms with E-state index in [4.69, 9.17) is 23.2 Å². The van der Waals surface area contributed by atoms with Gasteiger partial charge in [0, 0.05) is 12.5 Å². The van der Waals surface area contributed by atoms with Crippen LogP contribution in [0.25, 0.3) is 0 Å². The summed E-state index contributed by atoms with van der Waals surface area (Å²) in [4.78, 5) is 12.6. The van der Waals surface area contributed by atoms with Gasteiger partial charge in [0.2, 0.25) is 0 Å². The van der Waals surface area contributed by atoms with E-state index < -0.39 is 4.33 Å². The summed E-state index contributed by atoms with van der Waals surface area (Å²) in [5, 5.41) is 3.01. The van der Waals surface area contributed by atoms with Gasteiger partial charge in [0.25, 0.3) is 5.91 Å². The molecule has 4 rings (SSSR count). The highest BCUT2D eigenvalue weighted by Crippen LogP contribution is 2.69. The highest BCUT2D eigenvalue weighted by Gasteiger charge is 2.64. The van der Waals surface area contributed by atoms with Crippen molar-refractivity contribution in [2.75, 3.05) is 6.54 Å². The molecule has 1 aliphatic heterocycles. The van der Waals surface area contributed by atoms with E-state index in [2.05, 4.69) is 39.9 Å². The molecule has 0 aromatic carbocycles. The Morgan fingerprint density at radius 3 is 2.35 bits per heavy atom. The van der Waals surface area contributed by atoms with Crippen LogP contribution in [0.1, 0.15) is 98.8 Å². The molecule has 0 spiro atoms. The van der Waals surface area contributed by atoms with Crippen molar-refractivity contribution < 1.29 is 4.79 Å². The van der Waals surface area contributed by atoms with Gasteiger partial charge in [-0.25, -0.2) is 0 Å². The summed E-state index contributed by atoms with van der Waals surface area (Å²) >= 11 is 13.5. The quantitative estimate of drug-likeness (QED) is 0.412. The van der Waals surface area contributed by atoms with E-state index in [9.17, 15) is 4.79 Å². The summed E-state index contributed by atoms with van der Waals surface area (Å²) in [7, 11) is 0. The molecule has 1 N–H and O–H groups in total. The zero-order chi connectivity index (χ0) is 22.6. The normalized spacial score (nSPS) is 45.3. The predicted molar refractivity (Wildman–Crippen MR) is 131 cm³/mol.